The zero-order valence-electron chi connectivity index (χ0n) is 12.0. The van der Waals surface area contributed by atoms with E-state index in [0.29, 0.717) is 23.7 Å². The molecule has 0 aliphatic carbocycles. The van der Waals surface area contributed by atoms with Crippen LogP contribution in [-0.2, 0) is 0 Å². The number of hydrogen-bond donors (Lipinski definition) is 4. The van der Waals surface area contributed by atoms with Gasteiger partial charge in [-0.15, -0.1) is 0 Å². The summed E-state index contributed by atoms with van der Waals surface area (Å²) in [5.41, 5.74) is 0.691. The molecule has 4 N–H and O–H groups in total. The Morgan fingerprint density at radius 2 is 2.00 bits per heavy atom. The van der Waals surface area contributed by atoms with Crippen molar-refractivity contribution in [2.45, 2.75) is 18.6 Å². The van der Waals surface area contributed by atoms with Crippen molar-refractivity contribution in [3.63, 3.8) is 0 Å². The van der Waals surface area contributed by atoms with E-state index >= 15 is 0 Å². The standard InChI is InChI=1S/C16H18ClN3O2/c17-12-5-6-13(11-4-2-1-3-10(11)12)19-16(22)20-14-9-18-8-7-15(14)21/h1-6,14-15,18,21H,7-9H2,(H2,19,20,22). The van der Waals surface area contributed by atoms with Gasteiger partial charge in [0.1, 0.15) is 0 Å². The minimum absolute atomic E-state index is 0.285. The largest absolute Gasteiger partial charge is 0.391 e. The monoisotopic (exact) mass is 319 g/mol. The number of carbonyl (C=O) groups excluding carboxylic acids is 1. The van der Waals surface area contributed by atoms with E-state index in [1.54, 1.807) is 12.1 Å². The number of piperidine rings is 1. The quantitative estimate of drug-likeness (QED) is 0.686. The van der Waals surface area contributed by atoms with E-state index in [1.165, 1.54) is 0 Å². The molecule has 0 bridgehead atoms. The molecule has 2 aromatic rings. The third kappa shape index (κ3) is 3.16. The van der Waals surface area contributed by atoms with Crippen LogP contribution in [0.25, 0.3) is 10.8 Å². The van der Waals surface area contributed by atoms with E-state index in [1.807, 2.05) is 24.3 Å². The van der Waals surface area contributed by atoms with Crippen LogP contribution in [-0.4, -0.2) is 36.4 Å². The van der Waals surface area contributed by atoms with E-state index < -0.39 is 6.10 Å². The number of halogens is 1. The number of carbonyl (C=O) groups is 1. The van der Waals surface area contributed by atoms with Crippen LogP contribution < -0.4 is 16.0 Å². The highest BCUT2D eigenvalue weighted by Crippen LogP contribution is 2.29. The van der Waals surface area contributed by atoms with Gasteiger partial charge >= 0.3 is 6.03 Å². The van der Waals surface area contributed by atoms with E-state index in [9.17, 15) is 9.90 Å². The first kappa shape index (κ1) is 15.1. The minimum atomic E-state index is -0.519. The Morgan fingerprint density at radius 1 is 1.23 bits per heavy atom. The van der Waals surface area contributed by atoms with Crippen molar-refractivity contribution in [2.24, 2.45) is 0 Å². The maximum absolute atomic E-state index is 12.2. The molecule has 0 spiro atoms. The van der Waals surface area contributed by atoms with Crippen LogP contribution in [0.4, 0.5) is 10.5 Å². The first-order valence-electron chi connectivity index (χ1n) is 7.28. The fourth-order valence-corrected chi connectivity index (χ4v) is 2.92. The van der Waals surface area contributed by atoms with E-state index in [4.69, 9.17) is 11.6 Å². The third-order valence-corrected chi connectivity index (χ3v) is 4.21. The lowest BCUT2D eigenvalue weighted by molar-refractivity contribution is 0.103. The number of anilines is 1. The number of hydrogen-bond acceptors (Lipinski definition) is 3. The molecular weight excluding hydrogens is 302 g/mol. The summed E-state index contributed by atoms with van der Waals surface area (Å²) in [5, 5.41) is 21.1. The van der Waals surface area contributed by atoms with Crippen LogP contribution in [0.1, 0.15) is 6.42 Å². The van der Waals surface area contributed by atoms with Crippen molar-refractivity contribution >= 4 is 34.1 Å². The molecule has 1 heterocycles. The lowest BCUT2D eigenvalue weighted by atomic mass is 10.0. The maximum atomic E-state index is 12.2. The van der Waals surface area contributed by atoms with Crippen LogP contribution in [0.3, 0.4) is 0 Å². The SMILES string of the molecule is O=C(Nc1ccc(Cl)c2ccccc12)NC1CNCCC1O. The molecule has 1 aliphatic rings. The lowest BCUT2D eigenvalue weighted by Gasteiger charge is -2.29. The molecule has 2 atom stereocenters. The highest BCUT2D eigenvalue weighted by molar-refractivity contribution is 6.36. The fraction of sp³-hybridized carbons (Fsp3) is 0.312. The van der Waals surface area contributed by atoms with Gasteiger partial charge in [-0.25, -0.2) is 4.79 Å². The third-order valence-electron chi connectivity index (χ3n) is 3.88. The first-order valence-corrected chi connectivity index (χ1v) is 7.66. The van der Waals surface area contributed by atoms with Crippen LogP contribution in [0.5, 0.6) is 0 Å². The van der Waals surface area contributed by atoms with Gasteiger partial charge in [0.15, 0.2) is 0 Å². The number of benzene rings is 2. The minimum Gasteiger partial charge on any atom is -0.391 e. The number of aliphatic hydroxyl groups is 1. The Balaban J connectivity index is 1.75. The molecule has 1 fully saturated rings. The number of amides is 2. The maximum Gasteiger partial charge on any atom is 0.319 e. The Hall–Kier alpha value is -1.82. The smallest absolute Gasteiger partial charge is 0.319 e. The number of rotatable bonds is 2. The van der Waals surface area contributed by atoms with Crippen molar-refractivity contribution in [3.8, 4) is 0 Å². The fourth-order valence-electron chi connectivity index (χ4n) is 2.69. The van der Waals surface area contributed by atoms with Crippen LogP contribution in [0, 0.1) is 0 Å². The molecule has 0 saturated carbocycles. The molecule has 116 valence electrons. The van der Waals surface area contributed by atoms with Gasteiger partial charge in [0.05, 0.1) is 17.8 Å². The summed E-state index contributed by atoms with van der Waals surface area (Å²) in [5.74, 6) is 0. The van der Waals surface area contributed by atoms with Gasteiger partial charge in [-0.2, -0.15) is 0 Å². The molecule has 6 heteroatoms. The van der Waals surface area contributed by atoms with Gasteiger partial charge < -0.3 is 21.1 Å². The predicted octanol–water partition coefficient (Wildman–Crippen LogP) is 2.34. The van der Waals surface area contributed by atoms with Gasteiger partial charge in [0.25, 0.3) is 0 Å². The van der Waals surface area contributed by atoms with E-state index in [2.05, 4.69) is 16.0 Å². The average molecular weight is 320 g/mol. The van der Waals surface area contributed by atoms with E-state index in [-0.39, 0.29) is 12.1 Å². The average Bonchev–Trinajstić information content (AvgIpc) is 2.53. The second kappa shape index (κ2) is 6.52. The number of fused-ring (bicyclic) bond motifs is 1. The highest BCUT2D eigenvalue weighted by atomic mass is 35.5. The first-order chi connectivity index (χ1) is 10.6. The zero-order chi connectivity index (χ0) is 15.5. The summed E-state index contributed by atoms with van der Waals surface area (Å²) in [6.45, 7) is 1.33. The molecule has 0 radical (unpaired) electrons. The molecule has 2 amide bonds. The van der Waals surface area contributed by atoms with Crippen LogP contribution in [0.2, 0.25) is 5.02 Å². The van der Waals surface area contributed by atoms with Gasteiger partial charge in [-0.05, 0) is 25.1 Å². The van der Waals surface area contributed by atoms with Crippen LogP contribution in [0.15, 0.2) is 36.4 Å². The molecule has 0 aromatic heterocycles. The summed E-state index contributed by atoms with van der Waals surface area (Å²) in [4.78, 5) is 12.2. The number of aliphatic hydroxyl groups excluding tert-OH is 1. The summed E-state index contributed by atoms with van der Waals surface area (Å²) in [6.07, 6.45) is 0.114. The zero-order valence-corrected chi connectivity index (χ0v) is 12.7. The summed E-state index contributed by atoms with van der Waals surface area (Å²) in [7, 11) is 0. The summed E-state index contributed by atoms with van der Waals surface area (Å²) in [6, 6.07) is 10.5. The summed E-state index contributed by atoms with van der Waals surface area (Å²) >= 11 is 6.17. The number of urea groups is 1. The van der Waals surface area contributed by atoms with Gasteiger partial charge in [-0.1, -0.05) is 35.9 Å². The molecule has 1 saturated heterocycles. The van der Waals surface area contributed by atoms with Gasteiger partial charge in [-0.3, -0.25) is 0 Å². The van der Waals surface area contributed by atoms with E-state index in [0.717, 1.165) is 17.3 Å². The second-order valence-corrected chi connectivity index (χ2v) is 5.81. The Labute approximate surface area is 133 Å². The number of nitrogens with one attached hydrogen (secondary N) is 3. The molecule has 3 rings (SSSR count). The second-order valence-electron chi connectivity index (χ2n) is 5.41. The Kier molecular flexibility index (Phi) is 4.47. The van der Waals surface area contributed by atoms with Crippen molar-refractivity contribution in [1.82, 2.24) is 10.6 Å². The normalized spacial score (nSPS) is 21.5. The lowest BCUT2D eigenvalue weighted by Crippen LogP contribution is -2.54. The van der Waals surface area contributed by atoms with Gasteiger partial charge in [0, 0.05) is 22.3 Å². The Morgan fingerprint density at radius 3 is 2.77 bits per heavy atom. The molecular formula is C16H18ClN3O2. The molecule has 22 heavy (non-hydrogen) atoms. The predicted molar refractivity (Wildman–Crippen MR) is 88.4 cm³/mol. The Bertz CT molecular complexity index is 692. The molecule has 1 aliphatic heterocycles. The molecule has 5 nitrogen and oxygen atoms in total. The van der Waals surface area contributed by atoms with Crippen molar-refractivity contribution in [1.29, 1.82) is 0 Å². The summed E-state index contributed by atoms with van der Waals surface area (Å²) < 4.78 is 0. The van der Waals surface area contributed by atoms with Crippen LogP contribution >= 0.6 is 11.6 Å². The highest BCUT2D eigenvalue weighted by Gasteiger charge is 2.24. The molecule has 2 unspecified atom stereocenters. The van der Waals surface area contributed by atoms with Crippen molar-refractivity contribution < 1.29 is 9.90 Å². The molecule has 2 aromatic carbocycles. The van der Waals surface area contributed by atoms with Crippen molar-refractivity contribution in [2.75, 3.05) is 18.4 Å². The van der Waals surface area contributed by atoms with Gasteiger partial charge in [0.2, 0.25) is 0 Å². The van der Waals surface area contributed by atoms with Crippen molar-refractivity contribution in [3.05, 3.63) is 41.4 Å². The topological polar surface area (TPSA) is 73.4 Å².